The number of hydrogen-bond acceptors (Lipinski definition) is 4. The van der Waals surface area contributed by atoms with E-state index in [9.17, 15) is 14.0 Å². The lowest BCUT2D eigenvalue weighted by Crippen LogP contribution is -2.40. The zero-order valence-electron chi connectivity index (χ0n) is 14.2. The van der Waals surface area contributed by atoms with Crippen LogP contribution in [-0.2, 0) is 25.7 Å². The molecule has 7 heteroatoms. The molecule has 1 saturated heterocycles. The van der Waals surface area contributed by atoms with Crippen molar-refractivity contribution in [3.63, 3.8) is 0 Å². The molecule has 0 bridgehead atoms. The Balaban J connectivity index is 1.90. The van der Waals surface area contributed by atoms with Crippen molar-refractivity contribution in [3.8, 4) is 0 Å². The predicted molar refractivity (Wildman–Crippen MR) is 90.0 cm³/mol. The highest BCUT2D eigenvalue weighted by Gasteiger charge is 2.42. The molecule has 2 amide bonds. The topological polar surface area (TPSA) is 67.9 Å². The number of carbonyl (C=O) groups excluding carboxylic acids is 2. The Hall–Kier alpha value is -2.25. The van der Waals surface area contributed by atoms with E-state index in [1.165, 1.54) is 24.2 Å². The summed E-state index contributed by atoms with van der Waals surface area (Å²) in [6, 6.07) is 9.59. The molecule has 2 unspecified atom stereocenters. The Morgan fingerprint density at radius 2 is 2.24 bits per heavy atom. The van der Waals surface area contributed by atoms with Crippen LogP contribution < -0.4 is 5.32 Å². The van der Waals surface area contributed by atoms with E-state index in [4.69, 9.17) is 9.47 Å². The van der Waals surface area contributed by atoms with E-state index in [0.717, 1.165) is 5.56 Å². The highest BCUT2D eigenvalue weighted by molar-refractivity contribution is 5.87. The zero-order valence-corrected chi connectivity index (χ0v) is 14.2. The molecule has 0 aromatic heterocycles. The highest BCUT2D eigenvalue weighted by Crippen LogP contribution is 2.33. The monoisotopic (exact) mass is 350 g/mol. The Bertz CT molecular complexity index is 596. The van der Waals surface area contributed by atoms with Gasteiger partial charge in [-0.1, -0.05) is 30.3 Å². The van der Waals surface area contributed by atoms with Crippen molar-refractivity contribution in [3.05, 3.63) is 48.2 Å². The van der Waals surface area contributed by atoms with E-state index in [0.29, 0.717) is 25.9 Å². The Morgan fingerprint density at radius 3 is 2.88 bits per heavy atom. The van der Waals surface area contributed by atoms with Gasteiger partial charge in [-0.05, 0) is 18.4 Å². The van der Waals surface area contributed by atoms with Crippen molar-refractivity contribution >= 4 is 12.3 Å². The smallest absolute Gasteiger partial charge is 0.245 e. The number of ether oxygens (including phenoxy) is 2. The number of carbonyl (C=O) groups is 2. The number of alkyl halides is 1. The summed E-state index contributed by atoms with van der Waals surface area (Å²) in [6.45, 7) is -0.241. The molecular weight excluding hydrogens is 327 g/mol. The first kappa shape index (κ1) is 19.1. The SMILES string of the molecule is CNC(=O)/C=C\N(C=O)C1CCC(CF)(COCc2ccccc2)O1. The normalized spacial score (nSPS) is 22.9. The first-order valence-corrected chi connectivity index (χ1v) is 8.10. The molecule has 0 aliphatic carbocycles. The van der Waals surface area contributed by atoms with Crippen molar-refractivity contribution in [1.29, 1.82) is 0 Å². The van der Waals surface area contributed by atoms with Gasteiger partial charge >= 0.3 is 0 Å². The lowest BCUT2D eigenvalue weighted by molar-refractivity contribution is -0.148. The summed E-state index contributed by atoms with van der Waals surface area (Å²) in [6.07, 6.45) is 3.39. The zero-order chi connectivity index (χ0) is 18.1. The molecule has 0 saturated carbocycles. The van der Waals surface area contributed by atoms with Gasteiger partial charge < -0.3 is 14.8 Å². The number of nitrogens with zero attached hydrogens (tertiary/aromatic N) is 1. The maximum absolute atomic E-state index is 13.6. The lowest BCUT2D eigenvalue weighted by atomic mass is 10.0. The van der Waals surface area contributed by atoms with Crippen LogP contribution in [0.1, 0.15) is 18.4 Å². The molecule has 136 valence electrons. The molecular formula is C18H23FN2O4. The maximum Gasteiger partial charge on any atom is 0.245 e. The number of nitrogens with one attached hydrogen (secondary N) is 1. The van der Waals surface area contributed by atoms with Crippen LogP contribution in [0, 0.1) is 0 Å². The van der Waals surface area contributed by atoms with Gasteiger partial charge in [0, 0.05) is 19.3 Å². The standard InChI is InChI=1S/C18H23FN2O4/c1-20-16(23)8-10-21(14-22)17-7-9-18(12-19,25-17)13-24-11-15-5-3-2-4-6-15/h2-6,8,10,14,17H,7,9,11-13H2,1H3,(H,20,23)/b10-8-. The van der Waals surface area contributed by atoms with Crippen LogP contribution >= 0.6 is 0 Å². The first-order valence-electron chi connectivity index (χ1n) is 8.10. The van der Waals surface area contributed by atoms with E-state index < -0.39 is 18.5 Å². The van der Waals surface area contributed by atoms with E-state index in [2.05, 4.69) is 5.32 Å². The minimum Gasteiger partial charge on any atom is -0.374 e. The molecule has 2 rings (SSSR count). The summed E-state index contributed by atoms with van der Waals surface area (Å²) in [5.41, 5.74) is -0.0734. The lowest BCUT2D eigenvalue weighted by Gasteiger charge is -2.28. The van der Waals surface area contributed by atoms with Gasteiger partial charge in [-0.2, -0.15) is 0 Å². The van der Waals surface area contributed by atoms with Gasteiger partial charge in [0.05, 0.1) is 13.2 Å². The van der Waals surface area contributed by atoms with Gasteiger partial charge in [-0.3, -0.25) is 14.5 Å². The number of likely N-dealkylation sites (N-methyl/N-ethyl adjacent to an activating group) is 1. The predicted octanol–water partition coefficient (Wildman–Crippen LogP) is 1.77. The minimum atomic E-state index is -1.07. The largest absolute Gasteiger partial charge is 0.374 e. The van der Waals surface area contributed by atoms with Crippen LogP contribution in [0.25, 0.3) is 0 Å². The number of rotatable bonds is 9. The summed E-state index contributed by atoms with van der Waals surface area (Å²) in [4.78, 5) is 23.7. The second-order valence-corrected chi connectivity index (χ2v) is 5.89. The summed E-state index contributed by atoms with van der Waals surface area (Å²) in [5.74, 6) is -0.340. The van der Waals surface area contributed by atoms with Crippen molar-refractivity contribution in [1.82, 2.24) is 10.2 Å². The molecule has 1 aliphatic rings. The first-order chi connectivity index (χ1) is 12.1. The molecule has 1 aromatic rings. The summed E-state index contributed by atoms with van der Waals surface area (Å²) in [7, 11) is 1.49. The Kier molecular flexibility index (Phi) is 7.09. The fraction of sp³-hybridized carbons (Fsp3) is 0.444. The third-order valence-electron chi connectivity index (χ3n) is 4.05. The third-order valence-corrected chi connectivity index (χ3v) is 4.05. The van der Waals surface area contributed by atoms with Gasteiger partial charge in [0.25, 0.3) is 0 Å². The van der Waals surface area contributed by atoms with Crippen molar-refractivity contribution in [2.24, 2.45) is 0 Å². The maximum atomic E-state index is 13.6. The summed E-state index contributed by atoms with van der Waals surface area (Å²) >= 11 is 0. The van der Waals surface area contributed by atoms with E-state index in [-0.39, 0.29) is 12.5 Å². The molecule has 25 heavy (non-hydrogen) atoms. The molecule has 2 atom stereocenters. The van der Waals surface area contributed by atoms with Crippen LogP contribution in [0.4, 0.5) is 4.39 Å². The molecule has 1 heterocycles. The van der Waals surface area contributed by atoms with Gasteiger partial charge in [0.2, 0.25) is 12.3 Å². The van der Waals surface area contributed by atoms with Crippen LogP contribution in [0.3, 0.4) is 0 Å². The van der Waals surface area contributed by atoms with Crippen molar-refractivity contribution in [2.45, 2.75) is 31.3 Å². The Morgan fingerprint density at radius 1 is 1.48 bits per heavy atom. The molecule has 1 N–H and O–H groups in total. The number of halogens is 1. The molecule has 6 nitrogen and oxygen atoms in total. The van der Waals surface area contributed by atoms with E-state index >= 15 is 0 Å². The quantitative estimate of drug-likeness (QED) is 0.544. The molecule has 0 spiro atoms. The van der Waals surface area contributed by atoms with Gasteiger partial charge in [0.1, 0.15) is 18.5 Å². The molecule has 1 fully saturated rings. The van der Waals surface area contributed by atoms with Crippen LogP contribution in [-0.4, -0.2) is 49.4 Å². The number of amides is 2. The third kappa shape index (κ3) is 5.37. The van der Waals surface area contributed by atoms with E-state index in [1.54, 1.807) is 0 Å². The van der Waals surface area contributed by atoms with Crippen LogP contribution in [0.2, 0.25) is 0 Å². The molecule has 1 aliphatic heterocycles. The van der Waals surface area contributed by atoms with E-state index in [1.807, 2.05) is 30.3 Å². The molecule has 0 radical (unpaired) electrons. The molecule has 1 aromatic carbocycles. The van der Waals surface area contributed by atoms with Crippen LogP contribution in [0.15, 0.2) is 42.6 Å². The minimum absolute atomic E-state index is 0.0980. The van der Waals surface area contributed by atoms with Crippen molar-refractivity contribution in [2.75, 3.05) is 20.3 Å². The highest BCUT2D eigenvalue weighted by atomic mass is 19.1. The van der Waals surface area contributed by atoms with Crippen LogP contribution in [0.5, 0.6) is 0 Å². The number of benzene rings is 1. The second kappa shape index (κ2) is 9.29. The average molecular weight is 350 g/mol. The second-order valence-electron chi connectivity index (χ2n) is 5.89. The van der Waals surface area contributed by atoms with Gasteiger partial charge in [-0.25, -0.2) is 4.39 Å². The summed E-state index contributed by atoms with van der Waals surface area (Å²) in [5, 5.41) is 2.42. The van der Waals surface area contributed by atoms with Crippen molar-refractivity contribution < 1.29 is 23.5 Å². The summed E-state index contributed by atoms with van der Waals surface area (Å²) < 4.78 is 25.0. The van der Waals surface area contributed by atoms with Gasteiger partial charge in [-0.15, -0.1) is 0 Å². The fourth-order valence-corrected chi connectivity index (χ4v) is 2.61. The Labute approximate surface area is 146 Å². The number of hydrogen-bond donors (Lipinski definition) is 1. The van der Waals surface area contributed by atoms with Gasteiger partial charge in [0.15, 0.2) is 0 Å². The fourth-order valence-electron chi connectivity index (χ4n) is 2.61. The average Bonchev–Trinajstić information content (AvgIpc) is 3.07.